The minimum Gasteiger partial charge on any atom is -0.472 e. The van der Waals surface area contributed by atoms with Gasteiger partial charge >= 0.3 is 5.97 Å². The Morgan fingerprint density at radius 2 is 1.94 bits per heavy atom. The second-order valence-corrected chi connectivity index (χ2v) is 4.14. The van der Waals surface area contributed by atoms with E-state index in [0.717, 1.165) is 24.0 Å². The Kier molecular flexibility index (Phi) is 4.18. The Morgan fingerprint density at radius 3 is 2.56 bits per heavy atom. The molecule has 1 aromatic heterocycles. The van der Waals surface area contributed by atoms with Crippen LogP contribution in [0.5, 0.6) is 0 Å². The molecule has 0 saturated heterocycles. The zero-order valence-electron chi connectivity index (χ0n) is 10.4. The predicted octanol–water partition coefficient (Wildman–Crippen LogP) is 3.44. The normalized spacial score (nSPS) is 10.3. The number of ether oxygens (including phenoxy) is 1. The molecular formula is C15H16O3. The first kappa shape index (κ1) is 12.4. The standard InChI is InChI=1S/C15H16O3/c1-17-15(16)4-2-3-12-5-7-13(8-6-12)14-9-10-18-11-14/h5-11H,2-4H2,1H3. The van der Waals surface area contributed by atoms with Gasteiger partial charge in [0, 0.05) is 12.0 Å². The van der Waals surface area contributed by atoms with E-state index >= 15 is 0 Å². The average molecular weight is 244 g/mol. The lowest BCUT2D eigenvalue weighted by molar-refractivity contribution is -0.140. The molecule has 18 heavy (non-hydrogen) atoms. The van der Waals surface area contributed by atoms with E-state index in [-0.39, 0.29) is 5.97 Å². The maximum atomic E-state index is 11.0. The van der Waals surface area contributed by atoms with Crippen molar-refractivity contribution in [1.82, 2.24) is 0 Å². The quantitative estimate of drug-likeness (QED) is 0.756. The third-order valence-corrected chi connectivity index (χ3v) is 2.88. The second kappa shape index (κ2) is 6.05. The molecule has 2 rings (SSSR count). The van der Waals surface area contributed by atoms with Gasteiger partial charge in [-0.05, 0) is 30.0 Å². The Balaban J connectivity index is 1.90. The Labute approximate surface area is 106 Å². The Bertz CT molecular complexity index is 483. The zero-order valence-corrected chi connectivity index (χ0v) is 10.4. The van der Waals surface area contributed by atoms with Crippen LogP contribution in [-0.2, 0) is 16.0 Å². The van der Waals surface area contributed by atoms with Crippen molar-refractivity contribution in [3.63, 3.8) is 0 Å². The summed E-state index contributed by atoms with van der Waals surface area (Å²) in [6.45, 7) is 0. The number of hydrogen-bond donors (Lipinski definition) is 0. The molecule has 0 aliphatic rings. The van der Waals surface area contributed by atoms with Crippen molar-refractivity contribution in [2.45, 2.75) is 19.3 Å². The van der Waals surface area contributed by atoms with Crippen molar-refractivity contribution in [2.75, 3.05) is 7.11 Å². The minimum atomic E-state index is -0.148. The monoisotopic (exact) mass is 244 g/mol. The van der Waals surface area contributed by atoms with Gasteiger partial charge in [0.05, 0.1) is 19.6 Å². The van der Waals surface area contributed by atoms with E-state index in [1.54, 1.807) is 12.5 Å². The summed E-state index contributed by atoms with van der Waals surface area (Å²) in [5.41, 5.74) is 3.45. The topological polar surface area (TPSA) is 39.4 Å². The molecule has 2 aromatic rings. The predicted molar refractivity (Wildman–Crippen MR) is 69.1 cm³/mol. The van der Waals surface area contributed by atoms with E-state index in [0.29, 0.717) is 6.42 Å². The lowest BCUT2D eigenvalue weighted by Gasteiger charge is -2.02. The van der Waals surface area contributed by atoms with Crippen molar-refractivity contribution in [3.05, 3.63) is 48.4 Å². The van der Waals surface area contributed by atoms with E-state index < -0.39 is 0 Å². The van der Waals surface area contributed by atoms with E-state index in [2.05, 4.69) is 29.0 Å². The van der Waals surface area contributed by atoms with Gasteiger partial charge in [0.15, 0.2) is 0 Å². The van der Waals surface area contributed by atoms with Crippen molar-refractivity contribution >= 4 is 5.97 Å². The minimum absolute atomic E-state index is 0.148. The molecule has 3 heteroatoms. The molecule has 1 heterocycles. The number of benzene rings is 1. The van der Waals surface area contributed by atoms with Gasteiger partial charge in [-0.2, -0.15) is 0 Å². The fourth-order valence-corrected chi connectivity index (χ4v) is 1.83. The fraction of sp³-hybridized carbons (Fsp3) is 0.267. The van der Waals surface area contributed by atoms with Crippen LogP contribution in [0.3, 0.4) is 0 Å². The summed E-state index contributed by atoms with van der Waals surface area (Å²) in [4.78, 5) is 11.0. The highest BCUT2D eigenvalue weighted by Gasteiger charge is 2.02. The van der Waals surface area contributed by atoms with Crippen LogP contribution in [0.15, 0.2) is 47.3 Å². The van der Waals surface area contributed by atoms with Crippen LogP contribution in [0, 0.1) is 0 Å². The SMILES string of the molecule is COC(=O)CCCc1ccc(-c2ccoc2)cc1. The third-order valence-electron chi connectivity index (χ3n) is 2.88. The Hall–Kier alpha value is -2.03. The van der Waals surface area contributed by atoms with Crippen LogP contribution in [0.1, 0.15) is 18.4 Å². The van der Waals surface area contributed by atoms with Gasteiger partial charge in [-0.1, -0.05) is 24.3 Å². The summed E-state index contributed by atoms with van der Waals surface area (Å²) in [6, 6.07) is 10.2. The van der Waals surface area contributed by atoms with Crippen molar-refractivity contribution in [2.24, 2.45) is 0 Å². The summed E-state index contributed by atoms with van der Waals surface area (Å²) in [7, 11) is 1.42. The highest BCUT2D eigenvalue weighted by Crippen LogP contribution is 2.20. The van der Waals surface area contributed by atoms with Gasteiger partial charge in [0.2, 0.25) is 0 Å². The van der Waals surface area contributed by atoms with Crippen LogP contribution >= 0.6 is 0 Å². The molecule has 0 unspecified atom stereocenters. The number of esters is 1. The average Bonchev–Trinajstić information content (AvgIpc) is 2.93. The molecule has 0 spiro atoms. The lowest BCUT2D eigenvalue weighted by Crippen LogP contribution is -2.00. The van der Waals surface area contributed by atoms with Gasteiger partial charge in [-0.3, -0.25) is 4.79 Å². The van der Waals surface area contributed by atoms with Gasteiger partial charge in [0.25, 0.3) is 0 Å². The summed E-state index contributed by atoms with van der Waals surface area (Å²) >= 11 is 0. The van der Waals surface area contributed by atoms with Gasteiger partial charge < -0.3 is 9.15 Å². The summed E-state index contributed by atoms with van der Waals surface area (Å²) in [5, 5.41) is 0. The maximum absolute atomic E-state index is 11.0. The summed E-state index contributed by atoms with van der Waals surface area (Å²) < 4.78 is 9.66. The number of rotatable bonds is 5. The fourth-order valence-electron chi connectivity index (χ4n) is 1.83. The maximum Gasteiger partial charge on any atom is 0.305 e. The van der Waals surface area contributed by atoms with Crippen LogP contribution < -0.4 is 0 Å². The van der Waals surface area contributed by atoms with E-state index in [1.165, 1.54) is 12.7 Å². The summed E-state index contributed by atoms with van der Waals surface area (Å²) in [6.07, 6.45) is 5.57. The lowest BCUT2D eigenvalue weighted by atomic mass is 10.0. The molecule has 94 valence electrons. The molecule has 3 nitrogen and oxygen atoms in total. The first-order valence-electron chi connectivity index (χ1n) is 5.98. The van der Waals surface area contributed by atoms with Crippen LogP contribution in [0.25, 0.3) is 11.1 Å². The van der Waals surface area contributed by atoms with Crippen molar-refractivity contribution in [1.29, 1.82) is 0 Å². The molecule has 0 bridgehead atoms. The van der Waals surface area contributed by atoms with Crippen molar-refractivity contribution < 1.29 is 13.9 Å². The molecule has 0 amide bonds. The van der Waals surface area contributed by atoms with Crippen LogP contribution in [-0.4, -0.2) is 13.1 Å². The van der Waals surface area contributed by atoms with Gasteiger partial charge in [-0.15, -0.1) is 0 Å². The molecule has 0 N–H and O–H groups in total. The number of carbonyl (C=O) groups excluding carboxylic acids is 1. The van der Waals surface area contributed by atoms with E-state index in [4.69, 9.17) is 4.42 Å². The number of carbonyl (C=O) groups is 1. The molecule has 0 saturated carbocycles. The molecule has 1 aromatic carbocycles. The number of furan rings is 1. The molecule has 0 fully saturated rings. The highest BCUT2D eigenvalue weighted by atomic mass is 16.5. The van der Waals surface area contributed by atoms with Gasteiger partial charge in [-0.25, -0.2) is 0 Å². The number of aryl methyl sites for hydroxylation is 1. The zero-order chi connectivity index (χ0) is 12.8. The highest BCUT2D eigenvalue weighted by molar-refractivity contribution is 5.69. The van der Waals surface area contributed by atoms with E-state index in [9.17, 15) is 4.79 Å². The third kappa shape index (κ3) is 3.23. The van der Waals surface area contributed by atoms with Crippen LogP contribution in [0.4, 0.5) is 0 Å². The smallest absolute Gasteiger partial charge is 0.305 e. The number of methoxy groups -OCH3 is 1. The first-order chi connectivity index (χ1) is 8.79. The largest absolute Gasteiger partial charge is 0.472 e. The second-order valence-electron chi connectivity index (χ2n) is 4.14. The first-order valence-corrected chi connectivity index (χ1v) is 5.98. The number of hydrogen-bond acceptors (Lipinski definition) is 3. The molecule has 0 radical (unpaired) electrons. The molecule has 0 aliphatic carbocycles. The van der Waals surface area contributed by atoms with Crippen molar-refractivity contribution in [3.8, 4) is 11.1 Å². The summed E-state index contributed by atoms with van der Waals surface area (Å²) in [5.74, 6) is -0.148. The van der Waals surface area contributed by atoms with Crippen LogP contribution in [0.2, 0.25) is 0 Å². The Morgan fingerprint density at radius 1 is 1.17 bits per heavy atom. The molecular weight excluding hydrogens is 228 g/mol. The van der Waals surface area contributed by atoms with E-state index in [1.807, 2.05) is 6.07 Å². The molecule has 0 aliphatic heterocycles. The van der Waals surface area contributed by atoms with Gasteiger partial charge in [0.1, 0.15) is 0 Å². The molecule has 0 atom stereocenters.